The average Bonchev–Trinajstić information content (AvgIpc) is 3.09. The predicted octanol–water partition coefficient (Wildman–Crippen LogP) is 4.69. The summed E-state index contributed by atoms with van der Waals surface area (Å²) in [6.45, 7) is 0. The largest absolute Gasteiger partial charge is 0.508 e. The minimum absolute atomic E-state index is 0.0480. The highest BCUT2D eigenvalue weighted by atomic mass is 35.5. The Hall–Kier alpha value is -3.97. The number of aliphatic hydroxyl groups excluding tert-OH is 1. The van der Waals surface area contributed by atoms with E-state index in [0.717, 1.165) is 0 Å². The number of hydrogen-bond donors (Lipinski definition) is 2. The number of phenolic OH excluding ortho intramolecular Hbond substituents is 1. The molecule has 0 saturated carbocycles. The number of ether oxygens (including phenoxy) is 2. The molecule has 0 bridgehead atoms. The summed E-state index contributed by atoms with van der Waals surface area (Å²) in [5.74, 6) is -1.32. The molecule has 1 aliphatic heterocycles. The van der Waals surface area contributed by atoms with Crippen molar-refractivity contribution >= 4 is 34.7 Å². The molecule has 2 N–H and O–H groups in total. The van der Waals surface area contributed by atoms with Crippen molar-refractivity contribution in [1.29, 1.82) is 0 Å². The first-order valence-corrected chi connectivity index (χ1v) is 10.3. The summed E-state index contributed by atoms with van der Waals surface area (Å²) in [7, 11) is 2.94. The molecule has 4 rings (SSSR count). The van der Waals surface area contributed by atoms with Crippen LogP contribution < -0.4 is 14.4 Å². The van der Waals surface area contributed by atoms with Crippen LogP contribution in [0.25, 0.3) is 5.76 Å². The maximum Gasteiger partial charge on any atom is 0.300 e. The lowest BCUT2D eigenvalue weighted by Gasteiger charge is -2.25. The van der Waals surface area contributed by atoms with E-state index >= 15 is 0 Å². The maximum atomic E-state index is 13.2. The lowest BCUT2D eigenvalue weighted by molar-refractivity contribution is -0.132. The highest BCUT2D eigenvalue weighted by molar-refractivity contribution is 6.51. The summed E-state index contributed by atoms with van der Waals surface area (Å²) in [6, 6.07) is 16.4. The monoisotopic (exact) mass is 465 g/mol. The average molecular weight is 466 g/mol. The summed E-state index contributed by atoms with van der Waals surface area (Å²) in [5.41, 5.74) is 0.876. The fourth-order valence-corrected chi connectivity index (χ4v) is 4.03. The molecule has 1 atom stereocenters. The molecule has 1 amide bonds. The van der Waals surface area contributed by atoms with Gasteiger partial charge in [0.1, 0.15) is 23.0 Å². The number of halogens is 1. The van der Waals surface area contributed by atoms with Crippen LogP contribution in [0.4, 0.5) is 5.69 Å². The van der Waals surface area contributed by atoms with Crippen molar-refractivity contribution < 1.29 is 29.3 Å². The summed E-state index contributed by atoms with van der Waals surface area (Å²) in [6.07, 6.45) is 0. The van der Waals surface area contributed by atoms with E-state index in [9.17, 15) is 19.8 Å². The Morgan fingerprint density at radius 3 is 2.33 bits per heavy atom. The van der Waals surface area contributed by atoms with Crippen molar-refractivity contribution in [2.45, 2.75) is 6.04 Å². The Morgan fingerprint density at radius 1 is 0.970 bits per heavy atom. The number of benzene rings is 3. The van der Waals surface area contributed by atoms with Gasteiger partial charge in [0.2, 0.25) is 0 Å². The molecule has 7 nitrogen and oxygen atoms in total. The van der Waals surface area contributed by atoms with Gasteiger partial charge in [0.25, 0.3) is 11.7 Å². The Balaban J connectivity index is 1.97. The molecule has 1 fully saturated rings. The summed E-state index contributed by atoms with van der Waals surface area (Å²) < 4.78 is 10.5. The van der Waals surface area contributed by atoms with Gasteiger partial charge >= 0.3 is 0 Å². The van der Waals surface area contributed by atoms with E-state index in [1.54, 1.807) is 48.5 Å². The van der Waals surface area contributed by atoms with Gasteiger partial charge in [-0.15, -0.1) is 0 Å². The molecule has 0 aliphatic carbocycles. The molecular weight excluding hydrogens is 446 g/mol. The van der Waals surface area contributed by atoms with E-state index < -0.39 is 23.5 Å². The normalized spacial score (nSPS) is 17.3. The molecule has 1 aliphatic rings. The minimum Gasteiger partial charge on any atom is -0.508 e. The third kappa shape index (κ3) is 3.99. The van der Waals surface area contributed by atoms with E-state index in [4.69, 9.17) is 21.1 Å². The predicted molar refractivity (Wildman–Crippen MR) is 124 cm³/mol. The van der Waals surface area contributed by atoms with Crippen molar-refractivity contribution in [3.05, 3.63) is 88.5 Å². The molecule has 0 spiro atoms. The number of nitrogens with zero attached hydrogens (tertiary/aromatic N) is 1. The third-order valence-corrected chi connectivity index (χ3v) is 5.63. The van der Waals surface area contributed by atoms with Crippen LogP contribution in [-0.4, -0.2) is 36.1 Å². The second-order valence-electron chi connectivity index (χ2n) is 7.31. The van der Waals surface area contributed by atoms with Gasteiger partial charge in [-0.25, -0.2) is 0 Å². The van der Waals surface area contributed by atoms with Gasteiger partial charge in [0, 0.05) is 10.7 Å². The molecule has 8 heteroatoms. The zero-order chi connectivity index (χ0) is 23.7. The number of anilines is 1. The number of hydrogen-bond acceptors (Lipinski definition) is 6. The van der Waals surface area contributed by atoms with E-state index in [2.05, 4.69) is 0 Å². The van der Waals surface area contributed by atoms with Crippen LogP contribution in [-0.2, 0) is 9.59 Å². The SMILES string of the molecule is COc1ccc(N2C(=O)C(=O)/C(=C(/O)c3cc(Cl)ccc3OC)C2c2cccc(O)c2)cc1. The van der Waals surface area contributed by atoms with Gasteiger partial charge in [-0.1, -0.05) is 23.7 Å². The molecule has 33 heavy (non-hydrogen) atoms. The number of aliphatic hydroxyl groups is 1. The zero-order valence-corrected chi connectivity index (χ0v) is 18.5. The molecule has 3 aromatic rings. The van der Waals surface area contributed by atoms with Crippen LogP contribution in [0.1, 0.15) is 17.2 Å². The Morgan fingerprint density at radius 2 is 1.70 bits per heavy atom. The Bertz CT molecular complexity index is 1270. The van der Waals surface area contributed by atoms with Crippen LogP contribution in [0.3, 0.4) is 0 Å². The maximum absolute atomic E-state index is 13.2. The summed E-state index contributed by atoms with van der Waals surface area (Å²) in [4.78, 5) is 27.7. The van der Waals surface area contributed by atoms with E-state index in [1.807, 2.05) is 0 Å². The van der Waals surface area contributed by atoms with Crippen LogP contribution in [0, 0.1) is 0 Å². The number of aromatic hydroxyl groups is 1. The Kier molecular flexibility index (Phi) is 5.98. The second kappa shape index (κ2) is 8.88. The van der Waals surface area contributed by atoms with Gasteiger partial charge in [-0.3, -0.25) is 14.5 Å². The van der Waals surface area contributed by atoms with Crippen molar-refractivity contribution in [2.24, 2.45) is 0 Å². The first kappa shape index (κ1) is 22.2. The molecule has 168 valence electrons. The van der Waals surface area contributed by atoms with E-state index in [-0.39, 0.29) is 22.6 Å². The smallest absolute Gasteiger partial charge is 0.300 e. The van der Waals surface area contributed by atoms with Gasteiger partial charge in [0.05, 0.1) is 31.4 Å². The standard InChI is InChI=1S/C25H20ClNO6/c1-32-18-9-7-16(8-10-18)27-22(14-4-3-5-17(28)12-14)21(24(30)25(27)31)23(29)19-13-15(26)6-11-20(19)33-2/h3-13,22,28-29H,1-2H3/b23-21+. The van der Waals surface area contributed by atoms with Gasteiger partial charge in [-0.05, 0) is 60.2 Å². The van der Waals surface area contributed by atoms with Gasteiger partial charge in [-0.2, -0.15) is 0 Å². The van der Waals surface area contributed by atoms with Crippen LogP contribution in [0.2, 0.25) is 5.02 Å². The lowest BCUT2D eigenvalue weighted by atomic mass is 9.94. The van der Waals surface area contributed by atoms with Crippen molar-refractivity contribution in [3.63, 3.8) is 0 Å². The first-order chi connectivity index (χ1) is 15.8. The fraction of sp³-hybridized carbons (Fsp3) is 0.120. The molecule has 1 heterocycles. The first-order valence-electron chi connectivity index (χ1n) is 9.93. The molecule has 1 saturated heterocycles. The quantitative estimate of drug-likeness (QED) is 0.322. The molecular formula is C25H20ClNO6. The number of phenols is 1. The second-order valence-corrected chi connectivity index (χ2v) is 7.74. The van der Waals surface area contributed by atoms with E-state index in [0.29, 0.717) is 22.0 Å². The highest BCUT2D eigenvalue weighted by Gasteiger charge is 2.47. The van der Waals surface area contributed by atoms with Crippen molar-refractivity contribution in [2.75, 3.05) is 19.1 Å². The van der Waals surface area contributed by atoms with Crippen LogP contribution in [0.15, 0.2) is 72.3 Å². The van der Waals surface area contributed by atoms with Crippen LogP contribution in [0.5, 0.6) is 17.2 Å². The zero-order valence-electron chi connectivity index (χ0n) is 17.8. The van der Waals surface area contributed by atoms with Crippen molar-refractivity contribution in [1.82, 2.24) is 0 Å². The third-order valence-electron chi connectivity index (χ3n) is 5.40. The summed E-state index contributed by atoms with van der Waals surface area (Å²) >= 11 is 6.12. The number of Topliss-reactive ketones (excluding diaryl/α,β-unsaturated/α-hetero) is 1. The molecule has 3 aromatic carbocycles. The minimum atomic E-state index is -1.01. The number of methoxy groups -OCH3 is 2. The molecule has 0 radical (unpaired) electrons. The lowest BCUT2D eigenvalue weighted by Crippen LogP contribution is -2.29. The van der Waals surface area contributed by atoms with Gasteiger partial charge in [0.15, 0.2) is 0 Å². The van der Waals surface area contributed by atoms with E-state index in [1.165, 1.54) is 37.3 Å². The number of carbonyl (C=O) groups is 2. The van der Waals surface area contributed by atoms with Crippen LogP contribution >= 0.6 is 11.6 Å². The van der Waals surface area contributed by atoms with Gasteiger partial charge < -0.3 is 19.7 Å². The molecule has 0 aromatic heterocycles. The van der Waals surface area contributed by atoms with Crippen molar-refractivity contribution in [3.8, 4) is 17.2 Å². The number of rotatable bonds is 5. The molecule has 1 unspecified atom stereocenters. The highest BCUT2D eigenvalue weighted by Crippen LogP contribution is 2.44. The number of ketones is 1. The summed E-state index contributed by atoms with van der Waals surface area (Å²) in [5, 5.41) is 21.6. The number of carbonyl (C=O) groups excluding carboxylic acids is 2. The Labute approximate surface area is 195 Å². The number of amides is 1. The topological polar surface area (TPSA) is 96.3 Å². The fourth-order valence-electron chi connectivity index (χ4n) is 3.86.